The van der Waals surface area contributed by atoms with Gasteiger partial charge in [-0.2, -0.15) is 10.2 Å². The van der Waals surface area contributed by atoms with Crippen LogP contribution in [0.4, 0.5) is 4.39 Å². The van der Waals surface area contributed by atoms with Crippen LogP contribution >= 0.6 is 0 Å². The molecule has 0 spiro atoms. The Morgan fingerprint density at radius 1 is 1.23 bits per heavy atom. The van der Waals surface area contributed by atoms with Gasteiger partial charge in [0.25, 0.3) is 0 Å². The van der Waals surface area contributed by atoms with E-state index < -0.39 is 5.82 Å². The first kappa shape index (κ1) is 10.2. The van der Waals surface area contributed by atoms with Crippen LogP contribution in [-0.4, -0.2) is 18.0 Å². The largest absolute Gasteiger partial charge is 0.206 e. The van der Waals surface area contributed by atoms with E-state index in [9.17, 15) is 4.39 Å². The van der Waals surface area contributed by atoms with Crippen molar-refractivity contribution in [3.05, 3.63) is 17.1 Å². The maximum atomic E-state index is 13.5. The maximum Gasteiger partial charge on any atom is 0.148 e. The van der Waals surface area contributed by atoms with Crippen LogP contribution in [0.25, 0.3) is 0 Å². The summed E-state index contributed by atoms with van der Waals surface area (Å²) in [5.41, 5.74) is 0.716. The summed E-state index contributed by atoms with van der Waals surface area (Å²) < 4.78 is 13.5. The number of hydrogen-bond donors (Lipinski definition) is 0. The summed E-state index contributed by atoms with van der Waals surface area (Å²) in [4.78, 5) is 0. The summed E-state index contributed by atoms with van der Waals surface area (Å²) in [7, 11) is 5.34. The molecule has 0 fully saturated rings. The lowest BCUT2D eigenvalue weighted by Crippen LogP contribution is -2.26. The number of halogens is 1. The predicted octanol–water partition coefficient (Wildman–Crippen LogP) is 1.02. The summed E-state index contributed by atoms with van der Waals surface area (Å²) in [6.07, 6.45) is 0. The van der Waals surface area contributed by atoms with Gasteiger partial charge in [-0.05, 0) is 12.3 Å². The number of aryl methyl sites for hydroxylation is 1. The van der Waals surface area contributed by atoms with Gasteiger partial charge in [0.05, 0.1) is 5.69 Å². The van der Waals surface area contributed by atoms with Crippen LogP contribution < -0.4 is 5.59 Å². The van der Waals surface area contributed by atoms with Crippen molar-refractivity contribution in [1.29, 1.82) is 0 Å². The Bertz CT molecular complexity index is 331. The second kappa shape index (κ2) is 3.09. The fourth-order valence-electron chi connectivity index (χ4n) is 1.38. The quantitative estimate of drug-likeness (QED) is 0.554. The Morgan fingerprint density at radius 3 is 2.15 bits per heavy atom. The van der Waals surface area contributed by atoms with Crippen molar-refractivity contribution >= 4 is 13.4 Å². The highest BCUT2D eigenvalue weighted by molar-refractivity contribution is 6.30. The van der Waals surface area contributed by atoms with E-state index in [-0.39, 0.29) is 11.0 Å². The van der Waals surface area contributed by atoms with Crippen LogP contribution in [0.15, 0.2) is 0 Å². The third kappa shape index (κ3) is 1.87. The van der Waals surface area contributed by atoms with Crippen LogP contribution in [0.2, 0.25) is 0 Å². The first-order chi connectivity index (χ1) is 5.84. The lowest BCUT2D eigenvalue weighted by molar-refractivity contribution is 0.513. The molecule has 0 aliphatic carbocycles. The highest BCUT2D eigenvalue weighted by Gasteiger charge is 2.23. The fraction of sp³-hybridized carbons (Fsp3) is 0.556. The van der Waals surface area contributed by atoms with Crippen LogP contribution in [0.5, 0.6) is 0 Å². The van der Waals surface area contributed by atoms with Gasteiger partial charge in [-0.25, -0.2) is 4.39 Å². The molecule has 0 unspecified atom stereocenters. The average molecular weight is 178 g/mol. The van der Waals surface area contributed by atoms with Crippen molar-refractivity contribution in [2.24, 2.45) is 0 Å². The molecule has 1 aromatic rings. The van der Waals surface area contributed by atoms with E-state index >= 15 is 0 Å². The first-order valence-corrected chi connectivity index (χ1v) is 4.12. The molecule has 0 atom stereocenters. The highest BCUT2D eigenvalue weighted by atomic mass is 19.1. The summed E-state index contributed by atoms with van der Waals surface area (Å²) >= 11 is 0. The second-order valence-electron chi connectivity index (χ2n) is 4.11. The third-order valence-corrected chi connectivity index (χ3v) is 1.86. The topological polar surface area (TPSA) is 25.8 Å². The van der Waals surface area contributed by atoms with Crippen molar-refractivity contribution in [1.82, 2.24) is 10.2 Å². The number of aromatic nitrogens is 2. The van der Waals surface area contributed by atoms with Gasteiger partial charge in [0.15, 0.2) is 0 Å². The zero-order valence-corrected chi connectivity index (χ0v) is 8.35. The summed E-state index contributed by atoms with van der Waals surface area (Å²) in [6.45, 7) is 7.48. The molecular weight excluding hydrogens is 166 g/mol. The van der Waals surface area contributed by atoms with E-state index in [2.05, 4.69) is 10.2 Å². The van der Waals surface area contributed by atoms with Gasteiger partial charge < -0.3 is 0 Å². The van der Waals surface area contributed by atoms with E-state index in [0.29, 0.717) is 11.3 Å². The molecule has 1 heterocycles. The van der Waals surface area contributed by atoms with E-state index in [1.807, 2.05) is 20.8 Å². The summed E-state index contributed by atoms with van der Waals surface area (Å²) in [5.74, 6) is -0.444. The second-order valence-corrected chi connectivity index (χ2v) is 4.11. The predicted molar refractivity (Wildman–Crippen MR) is 50.8 cm³/mol. The Labute approximate surface area is 79.0 Å². The molecule has 4 heteroatoms. The molecule has 0 aromatic carbocycles. The smallest absolute Gasteiger partial charge is 0.148 e. The summed E-state index contributed by atoms with van der Waals surface area (Å²) in [6, 6.07) is 0. The molecule has 2 radical (unpaired) electrons. The van der Waals surface area contributed by atoms with E-state index in [1.165, 1.54) is 0 Å². The lowest BCUT2D eigenvalue weighted by Gasteiger charge is -2.21. The summed E-state index contributed by atoms with van der Waals surface area (Å²) in [5, 5.41) is 7.30. The molecule has 0 N–H and O–H groups in total. The first-order valence-electron chi connectivity index (χ1n) is 4.12. The molecule has 1 aromatic heterocycles. The Morgan fingerprint density at radius 2 is 1.77 bits per heavy atom. The van der Waals surface area contributed by atoms with Crippen molar-refractivity contribution in [2.45, 2.75) is 33.1 Å². The SMILES string of the molecule is [B]c1nnc(C)c(C(C)(C)C)c1F. The van der Waals surface area contributed by atoms with Gasteiger partial charge in [0, 0.05) is 11.2 Å². The monoisotopic (exact) mass is 178 g/mol. The molecule has 0 aliphatic heterocycles. The molecule has 0 saturated carbocycles. The van der Waals surface area contributed by atoms with Crippen LogP contribution in [0.1, 0.15) is 32.0 Å². The van der Waals surface area contributed by atoms with E-state index in [0.717, 1.165) is 0 Å². The fourth-order valence-corrected chi connectivity index (χ4v) is 1.38. The standard InChI is InChI=1S/C9H12BFN2/c1-5-6(9(2,3)4)7(11)8(10)13-12-5/h1-4H3. The average Bonchev–Trinajstić information content (AvgIpc) is 1.95. The van der Waals surface area contributed by atoms with Crippen molar-refractivity contribution in [3.63, 3.8) is 0 Å². The minimum absolute atomic E-state index is 0.129. The van der Waals surface area contributed by atoms with Crippen LogP contribution in [0.3, 0.4) is 0 Å². The van der Waals surface area contributed by atoms with Crippen LogP contribution in [-0.2, 0) is 5.41 Å². The zero-order chi connectivity index (χ0) is 10.2. The lowest BCUT2D eigenvalue weighted by atomic mass is 9.84. The number of nitrogens with zero attached hydrogens (tertiary/aromatic N) is 2. The van der Waals surface area contributed by atoms with Gasteiger partial charge in [-0.15, -0.1) is 0 Å². The minimum Gasteiger partial charge on any atom is -0.206 e. The van der Waals surface area contributed by atoms with Crippen molar-refractivity contribution in [3.8, 4) is 0 Å². The number of hydrogen-bond acceptors (Lipinski definition) is 2. The Balaban J connectivity index is 3.43. The molecule has 0 saturated heterocycles. The van der Waals surface area contributed by atoms with Gasteiger partial charge in [0.1, 0.15) is 13.7 Å². The van der Waals surface area contributed by atoms with Gasteiger partial charge in [-0.3, -0.25) is 0 Å². The van der Waals surface area contributed by atoms with Crippen molar-refractivity contribution in [2.75, 3.05) is 0 Å². The molecule has 68 valence electrons. The molecule has 0 aliphatic rings. The van der Waals surface area contributed by atoms with Gasteiger partial charge >= 0.3 is 0 Å². The molecular formula is C9H12BFN2. The normalized spacial score (nSPS) is 11.8. The highest BCUT2D eigenvalue weighted by Crippen LogP contribution is 2.25. The van der Waals surface area contributed by atoms with Gasteiger partial charge in [0.2, 0.25) is 0 Å². The molecule has 13 heavy (non-hydrogen) atoms. The van der Waals surface area contributed by atoms with Crippen LogP contribution in [0, 0.1) is 12.7 Å². The maximum absolute atomic E-state index is 13.5. The molecule has 0 amide bonds. The van der Waals surface area contributed by atoms with E-state index in [4.69, 9.17) is 7.85 Å². The Hall–Kier alpha value is -0.925. The molecule has 2 nitrogen and oxygen atoms in total. The number of rotatable bonds is 0. The van der Waals surface area contributed by atoms with Crippen molar-refractivity contribution < 1.29 is 4.39 Å². The minimum atomic E-state index is -0.444. The Kier molecular flexibility index (Phi) is 2.41. The molecule has 1 rings (SSSR count). The third-order valence-electron chi connectivity index (χ3n) is 1.86. The van der Waals surface area contributed by atoms with Gasteiger partial charge in [-0.1, -0.05) is 20.8 Å². The zero-order valence-electron chi connectivity index (χ0n) is 8.35. The molecule has 0 bridgehead atoms. The van der Waals surface area contributed by atoms with E-state index in [1.54, 1.807) is 6.92 Å².